The molecule has 0 aliphatic rings. The number of hydrogen-bond acceptors (Lipinski definition) is 1. The van der Waals surface area contributed by atoms with Crippen LogP contribution >= 0.6 is 11.3 Å². The van der Waals surface area contributed by atoms with Crippen LogP contribution in [0.25, 0.3) is 130 Å². The van der Waals surface area contributed by atoms with Crippen molar-refractivity contribution >= 4 is 74.6 Å². The Kier molecular flexibility index (Phi) is 8.82. The van der Waals surface area contributed by atoms with E-state index in [9.17, 15) is 0 Å². The molecule has 1 heteroatoms. The Morgan fingerprint density at radius 1 is 0.200 bits per heavy atom. The lowest BCUT2D eigenvalue weighted by molar-refractivity contribution is 1.61. The molecule has 0 spiro atoms. The van der Waals surface area contributed by atoms with Crippen LogP contribution in [0.2, 0.25) is 0 Å². The lowest BCUT2D eigenvalue weighted by Gasteiger charge is -2.13. The van der Waals surface area contributed by atoms with Gasteiger partial charge in [0.1, 0.15) is 0 Å². The fraction of sp³-hybridized carbons (Fsp3) is 0. The van der Waals surface area contributed by atoms with Crippen LogP contribution in [0.15, 0.2) is 243 Å². The van der Waals surface area contributed by atoms with Gasteiger partial charge in [-0.05, 0) is 147 Å². The molecule has 13 rings (SSSR count). The molecule has 0 bridgehead atoms. The lowest BCUT2D eigenvalue weighted by Crippen LogP contribution is -1.87. The van der Waals surface area contributed by atoms with E-state index in [1.54, 1.807) is 0 Å². The smallest absolute Gasteiger partial charge is 0.0434 e. The molecule has 0 unspecified atom stereocenters. The van der Waals surface area contributed by atoms with Gasteiger partial charge in [-0.1, -0.05) is 200 Å². The van der Waals surface area contributed by atoms with Crippen LogP contribution in [0.1, 0.15) is 0 Å². The molecule has 0 aliphatic carbocycles. The maximum atomic E-state index is 2.42. The van der Waals surface area contributed by atoms with Gasteiger partial charge >= 0.3 is 0 Å². The van der Waals surface area contributed by atoms with Crippen molar-refractivity contribution in [1.82, 2.24) is 0 Å². The first-order chi connectivity index (χ1) is 32.2. The number of hydrogen-bond donors (Lipinski definition) is 0. The van der Waals surface area contributed by atoms with E-state index in [1.807, 2.05) is 11.3 Å². The normalized spacial score (nSPS) is 11.7. The second kappa shape index (κ2) is 15.3. The van der Waals surface area contributed by atoms with E-state index in [4.69, 9.17) is 0 Å². The fourth-order valence-corrected chi connectivity index (χ4v) is 11.2. The first kappa shape index (κ1) is 37.5. The van der Waals surface area contributed by atoms with Gasteiger partial charge in [-0.25, -0.2) is 0 Å². The number of benzene rings is 12. The highest BCUT2D eigenvalue weighted by Gasteiger charge is 2.16. The second-order valence-corrected chi connectivity index (χ2v) is 18.3. The first-order valence-corrected chi connectivity index (χ1v) is 23.2. The largest absolute Gasteiger partial charge is 0.135 e. The summed E-state index contributed by atoms with van der Waals surface area (Å²) in [7, 11) is 0. The quantitative estimate of drug-likeness (QED) is 0.146. The Balaban J connectivity index is 0.924. The molecule has 0 saturated carbocycles. The van der Waals surface area contributed by atoms with Gasteiger partial charge in [-0.2, -0.15) is 0 Å². The second-order valence-electron chi connectivity index (χ2n) is 17.3. The molecule has 0 aliphatic heterocycles. The Bertz CT molecular complexity index is 3960. The molecule has 1 aromatic heterocycles. The van der Waals surface area contributed by atoms with Gasteiger partial charge in [-0.15, -0.1) is 11.3 Å². The molecule has 12 aromatic carbocycles. The Labute approximate surface area is 382 Å². The number of rotatable bonds is 6. The van der Waals surface area contributed by atoms with Gasteiger partial charge in [0, 0.05) is 25.7 Å². The molecule has 1 heterocycles. The summed E-state index contributed by atoms with van der Waals surface area (Å²) in [5.74, 6) is 0. The summed E-state index contributed by atoms with van der Waals surface area (Å²) in [5.41, 5.74) is 14.7. The van der Waals surface area contributed by atoms with Gasteiger partial charge < -0.3 is 0 Å². The minimum Gasteiger partial charge on any atom is -0.135 e. The van der Waals surface area contributed by atoms with E-state index in [0.717, 1.165) is 0 Å². The number of thiophene rings is 1. The van der Waals surface area contributed by atoms with Gasteiger partial charge in [0.05, 0.1) is 0 Å². The molecule has 13 aromatic rings. The van der Waals surface area contributed by atoms with Gasteiger partial charge in [0.2, 0.25) is 0 Å². The highest BCUT2D eigenvalue weighted by Crippen LogP contribution is 2.45. The van der Waals surface area contributed by atoms with Crippen molar-refractivity contribution < 1.29 is 0 Å². The molecule has 0 N–H and O–H groups in total. The van der Waals surface area contributed by atoms with Crippen LogP contribution in [0.4, 0.5) is 0 Å². The molecule has 302 valence electrons. The third-order valence-electron chi connectivity index (χ3n) is 13.4. The molecule has 0 saturated heterocycles. The third-order valence-corrected chi connectivity index (χ3v) is 14.7. The van der Waals surface area contributed by atoms with Crippen LogP contribution in [-0.4, -0.2) is 0 Å². The van der Waals surface area contributed by atoms with Crippen molar-refractivity contribution in [2.24, 2.45) is 0 Å². The van der Waals surface area contributed by atoms with Crippen LogP contribution in [-0.2, 0) is 0 Å². The van der Waals surface area contributed by atoms with E-state index >= 15 is 0 Å². The maximum Gasteiger partial charge on any atom is 0.0434 e. The minimum absolute atomic E-state index is 1.21. The Hall–Kier alpha value is -8.10. The molecule has 0 nitrogen and oxygen atoms in total. The summed E-state index contributed by atoms with van der Waals surface area (Å²) in [6.45, 7) is 0. The van der Waals surface area contributed by atoms with Crippen LogP contribution in [0.3, 0.4) is 0 Å². The van der Waals surface area contributed by atoms with Crippen molar-refractivity contribution in [1.29, 1.82) is 0 Å². The summed E-state index contributed by atoms with van der Waals surface area (Å²) < 4.78 is 2.60. The van der Waals surface area contributed by atoms with Crippen LogP contribution in [0.5, 0.6) is 0 Å². The predicted octanol–water partition coefficient (Wildman–Crippen LogP) is 18.7. The van der Waals surface area contributed by atoms with Crippen molar-refractivity contribution in [2.45, 2.75) is 0 Å². The van der Waals surface area contributed by atoms with Crippen LogP contribution < -0.4 is 0 Å². The molecular formula is C64H40S. The highest BCUT2D eigenvalue weighted by atomic mass is 32.1. The zero-order valence-electron chi connectivity index (χ0n) is 35.5. The van der Waals surface area contributed by atoms with E-state index < -0.39 is 0 Å². The Morgan fingerprint density at radius 3 is 1.22 bits per heavy atom. The SMILES string of the molecule is c1ccc2cc(-c3ccc(-c4ccc5sc6c(-c7ccc(-c8cc9ccccc9c9ccccc89)cc7)cc(-c7ccc(-c8ccc9ccccc9c8)cc7)cc6c5c4)cc3)ccc2c1. The molecule has 0 atom stereocenters. The summed E-state index contributed by atoms with van der Waals surface area (Å²) in [4.78, 5) is 0. The van der Waals surface area contributed by atoms with Gasteiger partial charge in [-0.3, -0.25) is 0 Å². The van der Waals surface area contributed by atoms with Crippen molar-refractivity contribution in [3.05, 3.63) is 243 Å². The van der Waals surface area contributed by atoms with E-state index in [0.29, 0.717) is 0 Å². The highest BCUT2D eigenvalue weighted by molar-refractivity contribution is 7.26. The van der Waals surface area contributed by atoms with Crippen molar-refractivity contribution in [2.75, 3.05) is 0 Å². The molecule has 0 fully saturated rings. The van der Waals surface area contributed by atoms with E-state index in [-0.39, 0.29) is 0 Å². The summed E-state index contributed by atoms with van der Waals surface area (Å²) in [6.07, 6.45) is 0. The Morgan fingerprint density at radius 2 is 0.615 bits per heavy atom. The summed E-state index contributed by atoms with van der Waals surface area (Å²) in [6, 6.07) is 89.9. The zero-order valence-corrected chi connectivity index (χ0v) is 36.3. The topological polar surface area (TPSA) is 0 Å². The minimum atomic E-state index is 1.21. The molecule has 65 heavy (non-hydrogen) atoms. The first-order valence-electron chi connectivity index (χ1n) is 22.4. The maximum absolute atomic E-state index is 2.42. The number of fused-ring (bicyclic) bond motifs is 8. The van der Waals surface area contributed by atoms with Crippen LogP contribution in [0, 0.1) is 0 Å². The lowest BCUT2D eigenvalue weighted by atomic mass is 9.91. The monoisotopic (exact) mass is 840 g/mol. The van der Waals surface area contributed by atoms with Gasteiger partial charge in [0.25, 0.3) is 0 Å². The summed E-state index contributed by atoms with van der Waals surface area (Å²) >= 11 is 1.90. The van der Waals surface area contributed by atoms with Crippen molar-refractivity contribution in [3.63, 3.8) is 0 Å². The van der Waals surface area contributed by atoms with Crippen molar-refractivity contribution in [3.8, 4) is 66.8 Å². The average Bonchev–Trinajstić information content (AvgIpc) is 3.76. The summed E-state index contributed by atoms with van der Waals surface area (Å²) in [5, 5.41) is 12.7. The van der Waals surface area contributed by atoms with Gasteiger partial charge in [0.15, 0.2) is 0 Å². The van der Waals surface area contributed by atoms with E-state index in [2.05, 4.69) is 243 Å². The molecule has 0 amide bonds. The fourth-order valence-electron chi connectivity index (χ4n) is 10.0. The average molecular weight is 841 g/mol. The standard InChI is InChI=1S/C64H40S/c1-3-11-49-35-51(31-25-41(49)9-1)43-17-19-45(20-18-43)53-33-34-63-61(37-53)62-40-55(46-23-21-44(22-24-46)52-32-26-42-10-2-4-12-50(42)36-52)39-60(64(62)65-63)48-29-27-47(28-30-48)59-38-54-13-5-6-14-56(54)57-15-7-8-16-58(57)59/h1-40H. The van der Waals surface area contributed by atoms with E-state index in [1.165, 1.54) is 130 Å². The molecular weight excluding hydrogens is 801 g/mol. The zero-order chi connectivity index (χ0) is 42.8. The third kappa shape index (κ3) is 6.60. The molecule has 0 radical (unpaired) electrons. The predicted molar refractivity (Wildman–Crippen MR) is 282 cm³/mol.